The number of nitro benzene ring substituents is 1. The molecule has 0 aliphatic carbocycles. The van der Waals surface area contributed by atoms with Gasteiger partial charge >= 0.3 is 0 Å². The average molecular weight is 555 g/mol. The summed E-state index contributed by atoms with van der Waals surface area (Å²) < 4.78 is 0.957. The Hall–Kier alpha value is -3.60. The van der Waals surface area contributed by atoms with Crippen LogP contribution < -0.4 is 4.90 Å². The minimum absolute atomic E-state index is 0.0760. The van der Waals surface area contributed by atoms with Crippen LogP contribution in [0.15, 0.2) is 78.9 Å². The zero-order valence-corrected chi connectivity index (χ0v) is 19.4. The smallest absolute Gasteiger partial charge is 0.270 e. The molecule has 0 N–H and O–H groups in total. The van der Waals surface area contributed by atoms with Crippen molar-refractivity contribution in [1.29, 1.82) is 0 Å². The molecule has 1 aliphatic heterocycles. The SMILES string of the molecule is O=C1CC(N(Cc2ccccc2)C(=O)c2cccc([N+](=O)[O-])c2)C(=O)N1c1ccc(I)cc1. The summed E-state index contributed by atoms with van der Waals surface area (Å²) in [5.41, 5.74) is 1.06. The number of benzene rings is 3. The lowest BCUT2D eigenvalue weighted by atomic mass is 10.1. The van der Waals surface area contributed by atoms with E-state index >= 15 is 0 Å². The Labute approximate surface area is 203 Å². The summed E-state index contributed by atoms with van der Waals surface area (Å²) in [6.07, 6.45) is -0.168. The molecule has 3 aromatic rings. The molecule has 0 aromatic heterocycles. The number of amides is 3. The number of nitrogens with zero attached hydrogens (tertiary/aromatic N) is 3. The summed E-state index contributed by atoms with van der Waals surface area (Å²) in [5, 5.41) is 11.2. The van der Waals surface area contributed by atoms with Crippen molar-refractivity contribution in [1.82, 2.24) is 4.90 Å². The zero-order chi connectivity index (χ0) is 23.5. The summed E-state index contributed by atoms with van der Waals surface area (Å²) in [4.78, 5) is 52.7. The average Bonchev–Trinajstić information content (AvgIpc) is 3.12. The third-order valence-corrected chi connectivity index (χ3v) is 6.06. The molecule has 0 bridgehead atoms. The third-order valence-electron chi connectivity index (χ3n) is 5.34. The largest absolute Gasteiger partial charge is 0.322 e. The Morgan fingerprint density at radius 3 is 2.39 bits per heavy atom. The Balaban J connectivity index is 1.70. The zero-order valence-electron chi connectivity index (χ0n) is 17.3. The number of halogens is 1. The van der Waals surface area contributed by atoms with Crippen LogP contribution in [0.25, 0.3) is 0 Å². The highest BCUT2D eigenvalue weighted by atomic mass is 127. The Bertz CT molecular complexity index is 1230. The first-order chi connectivity index (χ1) is 15.8. The summed E-state index contributed by atoms with van der Waals surface area (Å²) in [5.74, 6) is -1.47. The second kappa shape index (κ2) is 9.49. The predicted molar refractivity (Wildman–Crippen MR) is 129 cm³/mol. The van der Waals surface area contributed by atoms with Gasteiger partial charge in [0.2, 0.25) is 5.91 Å². The fourth-order valence-electron chi connectivity index (χ4n) is 3.74. The molecule has 0 radical (unpaired) electrons. The number of rotatable bonds is 6. The van der Waals surface area contributed by atoms with Crippen LogP contribution in [0, 0.1) is 13.7 Å². The minimum atomic E-state index is -1.02. The molecule has 1 atom stereocenters. The van der Waals surface area contributed by atoms with Crippen LogP contribution in [-0.4, -0.2) is 33.6 Å². The number of nitro groups is 1. The lowest BCUT2D eigenvalue weighted by molar-refractivity contribution is -0.384. The van der Waals surface area contributed by atoms with E-state index in [1.165, 1.54) is 29.2 Å². The van der Waals surface area contributed by atoms with Gasteiger partial charge in [0, 0.05) is 27.8 Å². The molecule has 1 unspecified atom stereocenters. The van der Waals surface area contributed by atoms with E-state index in [0.717, 1.165) is 14.0 Å². The van der Waals surface area contributed by atoms with Crippen LogP contribution in [0.1, 0.15) is 22.3 Å². The first-order valence-corrected chi connectivity index (χ1v) is 11.1. The van der Waals surface area contributed by atoms with Crippen molar-refractivity contribution in [2.75, 3.05) is 4.90 Å². The third kappa shape index (κ3) is 4.77. The van der Waals surface area contributed by atoms with Crippen molar-refractivity contribution < 1.29 is 19.3 Å². The number of carbonyl (C=O) groups is 3. The van der Waals surface area contributed by atoms with E-state index in [9.17, 15) is 24.5 Å². The molecule has 0 saturated carbocycles. The molecule has 4 rings (SSSR count). The predicted octanol–water partition coefficient (Wildman–Crippen LogP) is 4.17. The van der Waals surface area contributed by atoms with E-state index in [0.29, 0.717) is 5.69 Å². The van der Waals surface area contributed by atoms with E-state index in [2.05, 4.69) is 22.6 Å². The van der Waals surface area contributed by atoms with Crippen LogP contribution in [0.3, 0.4) is 0 Å². The highest BCUT2D eigenvalue weighted by molar-refractivity contribution is 14.1. The van der Waals surface area contributed by atoms with E-state index in [1.807, 2.05) is 30.3 Å². The van der Waals surface area contributed by atoms with Crippen molar-refractivity contribution in [3.8, 4) is 0 Å². The van der Waals surface area contributed by atoms with Crippen LogP contribution in [0.2, 0.25) is 0 Å². The molecule has 166 valence electrons. The van der Waals surface area contributed by atoms with Crippen LogP contribution in [-0.2, 0) is 16.1 Å². The fraction of sp³-hybridized carbons (Fsp3) is 0.125. The van der Waals surface area contributed by atoms with Gasteiger partial charge in [-0.2, -0.15) is 0 Å². The van der Waals surface area contributed by atoms with Crippen molar-refractivity contribution in [3.63, 3.8) is 0 Å². The van der Waals surface area contributed by atoms with E-state index in [4.69, 9.17) is 0 Å². The van der Waals surface area contributed by atoms with Gasteiger partial charge in [0.25, 0.3) is 17.5 Å². The molecule has 1 heterocycles. The summed E-state index contributed by atoms with van der Waals surface area (Å²) in [7, 11) is 0. The maximum atomic E-state index is 13.5. The number of non-ortho nitro benzene ring substituents is 1. The standard InChI is InChI=1S/C24H18IN3O5/c25-18-9-11-19(12-10-18)27-22(29)14-21(24(27)31)26(15-16-5-2-1-3-6-16)23(30)17-7-4-8-20(13-17)28(32)33/h1-13,21H,14-15H2. The molecular formula is C24H18IN3O5. The molecule has 9 heteroatoms. The molecule has 1 fully saturated rings. The van der Waals surface area contributed by atoms with Crippen molar-refractivity contribution in [3.05, 3.63) is 104 Å². The van der Waals surface area contributed by atoms with Gasteiger partial charge in [-0.05, 0) is 58.5 Å². The van der Waals surface area contributed by atoms with Crippen LogP contribution in [0.4, 0.5) is 11.4 Å². The Morgan fingerprint density at radius 2 is 1.73 bits per heavy atom. The fourth-order valence-corrected chi connectivity index (χ4v) is 4.10. The topological polar surface area (TPSA) is 101 Å². The molecule has 1 aliphatic rings. The van der Waals surface area contributed by atoms with Crippen molar-refractivity contribution >= 4 is 51.7 Å². The van der Waals surface area contributed by atoms with Gasteiger partial charge in [-0.1, -0.05) is 36.4 Å². The normalized spacial score (nSPS) is 15.5. The minimum Gasteiger partial charge on any atom is -0.322 e. The lowest BCUT2D eigenvalue weighted by Gasteiger charge is -2.28. The van der Waals surface area contributed by atoms with E-state index in [1.54, 1.807) is 24.3 Å². The number of hydrogen-bond acceptors (Lipinski definition) is 5. The van der Waals surface area contributed by atoms with E-state index < -0.39 is 28.7 Å². The molecule has 3 aromatic carbocycles. The van der Waals surface area contributed by atoms with Crippen LogP contribution in [0.5, 0.6) is 0 Å². The molecule has 8 nitrogen and oxygen atoms in total. The summed E-state index contributed by atoms with van der Waals surface area (Å²) in [6, 6.07) is 20.4. The highest BCUT2D eigenvalue weighted by Gasteiger charge is 2.44. The quantitative estimate of drug-likeness (QED) is 0.197. The van der Waals surface area contributed by atoms with Gasteiger partial charge in [0.15, 0.2) is 0 Å². The van der Waals surface area contributed by atoms with Crippen molar-refractivity contribution in [2.45, 2.75) is 19.0 Å². The number of imide groups is 1. The van der Waals surface area contributed by atoms with E-state index in [-0.39, 0.29) is 24.2 Å². The molecule has 33 heavy (non-hydrogen) atoms. The molecule has 0 spiro atoms. The Kier molecular flexibility index (Phi) is 6.50. The Morgan fingerprint density at radius 1 is 1.03 bits per heavy atom. The van der Waals surface area contributed by atoms with Gasteiger partial charge in [0.05, 0.1) is 17.0 Å². The first-order valence-electron chi connectivity index (χ1n) is 10.1. The van der Waals surface area contributed by atoms with Gasteiger partial charge < -0.3 is 4.90 Å². The maximum Gasteiger partial charge on any atom is 0.270 e. The van der Waals surface area contributed by atoms with Gasteiger partial charge in [0.1, 0.15) is 6.04 Å². The first kappa shape index (κ1) is 22.6. The summed E-state index contributed by atoms with van der Waals surface area (Å²) in [6.45, 7) is 0.0760. The van der Waals surface area contributed by atoms with Gasteiger partial charge in [-0.25, -0.2) is 4.90 Å². The molecule has 1 saturated heterocycles. The summed E-state index contributed by atoms with van der Waals surface area (Å²) >= 11 is 2.13. The molecular weight excluding hydrogens is 537 g/mol. The number of carbonyl (C=O) groups excluding carboxylic acids is 3. The number of anilines is 1. The molecule has 3 amide bonds. The highest BCUT2D eigenvalue weighted by Crippen LogP contribution is 2.28. The van der Waals surface area contributed by atoms with Gasteiger partial charge in [-0.3, -0.25) is 24.5 Å². The second-order valence-electron chi connectivity index (χ2n) is 7.49. The lowest BCUT2D eigenvalue weighted by Crippen LogP contribution is -2.45. The number of hydrogen-bond donors (Lipinski definition) is 0. The second-order valence-corrected chi connectivity index (χ2v) is 8.74. The maximum absolute atomic E-state index is 13.5. The van der Waals surface area contributed by atoms with Crippen molar-refractivity contribution in [2.24, 2.45) is 0 Å². The van der Waals surface area contributed by atoms with Crippen LogP contribution >= 0.6 is 22.6 Å². The monoisotopic (exact) mass is 555 g/mol. The van der Waals surface area contributed by atoms with Gasteiger partial charge in [-0.15, -0.1) is 0 Å².